The van der Waals surface area contributed by atoms with Crippen LogP contribution in [-0.2, 0) is 24.3 Å². The van der Waals surface area contributed by atoms with Gasteiger partial charge in [0, 0.05) is 12.6 Å². The fourth-order valence-corrected chi connectivity index (χ4v) is 3.33. The number of fused-ring (bicyclic) bond motifs is 1. The van der Waals surface area contributed by atoms with Crippen LogP contribution in [0.5, 0.6) is 11.5 Å². The molecule has 0 unspecified atom stereocenters. The first-order valence-electron chi connectivity index (χ1n) is 8.36. The van der Waals surface area contributed by atoms with Crippen molar-refractivity contribution in [2.24, 2.45) is 0 Å². The molecule has 146 valence electrons. The van der Waals surface area contributed by atoms with Gasteiger partial charge in [-0.25, -0.2) is 13.1 Å². The molecule has 8 nitrogen and oxygen atoms in total. The summed E-state index contributed by atoms with van der Waals surface area (Å²) in [5.41, 5.74) is -0.503. The van der Waals surface area contributed by atoms with Crippen LogP contribution in [0.2, 0.25) is 0 Å². The largest absolute Gasteiger partial charge is 0.491 e. The number of rotatable bonds is 7. The summed E-state index contributed by atoms with van der Waals surface area (Å²) < 4.78 is 47.9. The van der Waals surface area contributed by atoms with Crippen molar-refractivity contribution in [3.63, 3.8) is 0 Å². The van der Waals surface area contributed by atoms with E-state index in [4.69, 9.17) is 18.9 Å². The maximum absolute atomic E-state index is 12.0. The number of hydrogen-bond acceptors (Lipinski definition) is 7. The van der Waals surface area contributed by atoms with Gasteiger partial charge in [-0.1, -0.05) is 0 Å². The average molecular weight is 387 g/mol. The summed E-state index contributed by atoms with van der Waals surface area (Å²) in [6.07, 6.45) is 0.175. The third kappa shape index (κ3) is 6.47. The highest BCUT2D eigenvalue weighted by Crippen LogP contribution is 2.29. The second kappa shape index (κ2) is 8.70. The molecule has 1 aliphatic heterocycles. The zero-order valence-corrected chi connectivity index (χ0v) is 16.1. The van der Waals surface area contributed by atoms with Gasteiger partial charge in [0.15, 0.2) is 0 Å². The van der Waals surface area contributed by atoms with Gasteiger partial charge in [0.1, 0.15) is 35.2 Å². The highest BCUT2D eigenvalue weighted by atomic mass is 32.2. The molecule has 0 amide bonds. The Morgan fingerprint density at radius 3 is 2.73 bits per heavy atom. The SMILES string of the molecule is CC(C)(C)OC(=O)CCOCCOc1ccc2c(c1)OCCNS2(=O)=O. The quantitative estimate of drug-likeness (QED) is 0.559. The molecule has 26 heavy (non-hydrogen) atoms. The van der Waals surface area contributed by atoms with Crippen LogP contribution in [-0.4, -0.2) is 53.0 Å². The molecule has 0 atom stereocenters. The van der Waals surface area contributed by atoms with Crippen LogP contribution in [0.25, 0.3) is 0 Å². The molecule has 0 bridgehead atoms. The Morgan fingerprint density at radius 2 is 2.00 bits per heavy atom. The molecule has 0 aliphatic carbocycles. The van der Waals surface area contributed by atoms with Crippen molar-refractivity contribution in [2.45, 2.75) is 37.7 Å². The number of sulfonamides is 1. The molecule has 9 heteroatoms. The number of ether oxygens (including phenoxy) is 4. The number of hydrogen-bond donors (Lipinski definition) is 1. The Hall–Kier alpha value is -1.84. The Bertz CT molecular complexity index is 725. The van der Waals surface area contributed by atoms with Crippen molar-refractivity contribution in [3.05, 3.63) is 18.2 Å². The zero-order valence-electron chi connectivity index (χ0n) is 15.2. The zero-order chi connectivity index (χ0) is 19.2. The molecular weight excluding hydrogens is 362 g/mol. The van der Waals surface area contributed by atoms with Crippen molar-refractivity contribution < 1.29 is 32.2 Å². The monoisotopic (exact) mass is 387 g/mol. The summed E-state index contributed by atoms with van der Waals surface area (Å²) in [7, 11) is -3.55. The van der Waals surface area contributed by atoms with Crippen molar-refractivity contribution >= 4 is 16.0 Å². The van der Waals surface area contributed by atoms with Crippen LogP contribution >= 0.6 is 0 Å². The van der Waals surface area contributed by atoms with Gasteiger partial charge < -0.3 is 18.9 Å². The Kier molecular flexibility index (Phi) is 6.85. The van der Waals surface area contributed by atoms with Crippen LogP contribution in [0.15, 0.2) is 23.1 Å². The predicted octanol–water partition coefficient (Wildman–Crippen LogP) is 1.48. The van der Waals surface area contributed by atoms with Gasteiger partial charge in [-0.05, 0) is 32.9 Å². The van der Waals surface area contributed by atoms with E-state index in [9.17, 15) is 13.2 Å². The molecular formula is C17H25NO7S. The topological polar surface area (TPSA) is 100 Å². The molecule has 0 saturated carbocycles. The molecule has 1 heterocycles. The summed E-state index contributed by atoms with van der Waals surface area (Å²) in [5.74, 6) is 0.436. The van der Waals surface area contributed by atoms with Crippen LogP contribution < -0.4 is 14.2 Å². The van der Waals surface area contributed by atoms with Gasteiger partial charge >= 0.3 is 5.97 Å². The smallest absolute Gasteiger partial charge is 0.308 e. The summed E-state index contributed by atoms with van der Waals surface area (Å²) in [5, 5.41) is 0. The van der Waals surface area contributed by atoms with E-state index < -0.39 is 15.6 Å². The fourth-order valence-electron chi connectivity index (χ4n) is 2.20. The fraction of sp³-hybridized carbons (Fsp3) is 0.588. The number of carbonyl (C=O) groups is 1. The van der Waals surface area contributed by atoms with E-state index in [2.05, 4.69) is 4.72 Å². The van der Waals surface area contributed by atoms with E-state index in [0.717, 1.165) is 0 Å². The van der Waals surface area contributed by atoms with Gasteiger partial charge in [-0.15, -0.1) is 0 Å². The van der Waals surface area contributed by atoms with E-state index >= 15 is 0 Å². The standard InChI is InChI=1S/C17H25NO7S/c1-17(2,3)25-16(19)6-8-22-10-11-23-13-4-5-15-14(12-13)24-9-7-18-26(15,20)21/h4-5,12,18H,6-11H2,1-3H3. The number of nitrogens with one attached hydrogen (secondary N) is 1. The summed E-state index contributed by atoms with van der Waals surface area (Å²) >= 11 is 0. The molecule has 0 fully saturated rings. The number of benzene rings is 1. The summed E-state index contributed by atoms with van der Waals surface area (Å²) in [4.78, 5) is 11.6. The van der Waals surface area contributed by atoms with Crippen molar-refractivity contribution in [1.29, 1.82) is 0 Å². The van der Waals surface area contributed by atoms with Crippen molar-refractivity contribution in [1.82, 2.24) is 4.72 Å². The molecule has 2 rings (SSSR count). The predicted molar refractivity (Wildman–Crippen MR) is 93.9 cm³/mol. The van der Waals surface area contributed by atoms with E-state index in [-0.39, 0.29) is 49.4 Å². The van der Waals surface area contributed by atoms with Crippen LogP contribution in [0.3, 0.4) is 0 Å². The summed E-state index contributed by atoms with van der Waals surface area (Å²) in [6, 6.07) is 4.55. The normalized spacial score (nSPS) is 16.1. The minimum atomic E-state index is -3.55. The minimum absolute atomic E-state index is 0.0935. The number of esters is 1. The molecule has 1 N–H and O–H groups in total. The van der Waals surface area contributed by atoms with Gasteiger partial charge in [0.25, 0.3) is 0 Å². The molecule has 1 aromatic carbocycles. The molecule has 0 saturated heterocycles. The second-order valence-corrected chi connectivity index (χ2v) is 8.39. The third-order valence-electron chi connectivity index (χ3n) is 3.22. The summed E-state index contributed by atoms with van der Waals surface area (Å²) in [6.45, 7) is 6.71. The van der Waals surface area contributed by atoms with E-state index in [1.54, 1.807) is 12.1 Å². The first-order chi connectivity index (χ1) is 12.2. The van der Waals surface area contributed by atoms with Crippen LogP contribution in [0.1, 0.15) is 27.2 Å². The molecule has 1 aromatic rings. The Labute approximate surface area is 153 Å². The lowest BCUT2D eigenvalue weighted by Gasteiger charge is -2.19. The van der Waals surface area contributed by atoms with Gasteiger partial charge in [0.2, 0.25) is 10.0 Å². The maximum atomic E-state index is 12.0. The Balaban J connectivity index is 1.74. The van der Waals surface area contributed by atoms with E-state index in [1.165, 1.54) is 6.07 Å². The van der Waals surface area contributed by atoms with Crippen molar-refractivity contribution in [2.75, 3.05) is 33.0 Å². The highest BCUT2D eigenvalue weighted by Gasteiger charge is 2.23. The van der Waals surface area contributed by atoms with Gasteiger partial charge in [-0.3, -0.25) is 4.79 Å². The molecule has 0 aromatic heterocycles. The lowest BCUT2D eigenvalue weighted by molar-refractivity contribution is -0.156. The van der Waals surface area contributed by atoms with Gasteiger partial charge in [0.05, 0.1) is 19.6 Å². The van der Waals surface area contributed by atoms with E-state index in [0.29, 0.717) is 12.4 Å². The highest BCUT2D eigenvalue weighted by molar-refractivity contribution is 7.89. The average Bonchev–Trinajstić information content (AvgIpc) is 2.67. The lowest BCUT2D eigenvalue weighted by Crippen LogP contribution is -2.24. The maximum Gasteiger partial charge on any atom is 0.308 e. The first kappa shape index (κ1) is 20.5. The molecule has 0 spiro atoms. The molecule has 1 aliphatic rings. The van der Waals surface area contributed by atoms with Gasteiger partial charge in [-0.2, -0.15) is 0 Å². The minimum Gasteiger partial charge on any atom is -0.491 e. The third-order valence-corrected chi connectivity index (χ3v) is 4.72. The number of carbonyl (C=O) groups excluding carboxylic acids is 1. The second-order valence-electron chi connectivity index (χ2n) is 6.65. The van der Waals surface area contributed by atoms with Crippen LogP contribution in [0.4, 0.5) is 0 Å². The van der Waals surface area contributed by atoms with E-state index in [1.807, 2.05) is 20.8 Å². The van der Waals surface area contributed by atoms with Crippen LogP contribution in [0, 0.1) is 0 Å². The lowest BCUT2D eigenvalue weighted by atomic mass is 10.2. The van der Waals surface area contributed by atoms with Crippen molar-refractivity contribution in [3.8, 4) is 11.5 Å². The first-order valence-corrected chi connectivity index (χ1v) is 9.85. The Morgan fingerprint density at radius 1 is 1.23 bits per heavy atom. The molecule has 0 radical (unpaired) electrons.